The molecule has 0 saturated heterocycles. The Morgan fingerprint density at radius 1 is 1.12 bits per heavy atom. The Morgan fingerprint density at radius 3 is 2.42 bits per heavy atom. The second-order valence-electron chi connectivity index (χ2n) is 5.43. The molecule has 0 unspecified atom stereocenters. The van der Waals surface area contributed by atoms with Crippen molar-refractivity contribution in [3.05, 3.63) is 65.7 Å². The van der Waals surface area contributed by atoms with Gasteiger partial charge in [0.15, 0.2) is 5.11 Å². The SMILES string of the molecule is CCCOc1ccc(C(=O)NC(=S)N[C@@H](C)c2ccccc2)cc1. The Kier molecular flexibility index (Phi) is 6.75. The van der Waals surface area contributed by atoms with E-state index in [1.54, 1.807) is 24.3 Å². The Balaban J connectivity index is 1.88. The Labute approximate surface area is 148 Å². The molecule has 24 heavy (non-hydrogen) atoms. The summed E-state index contributed by atoms with van der Waals surface area (Å²) >= 11 is 5.22. The van der Waals surface area contributed by atoms with Crippen LogP contribution in [0.1, 0.15) is 42.2 Å². The number of thiocarbonyl (C=S) groups is 1. The van der Waals surface area contributed by atoms with Crippen molar-refractivity contribution in [2.24, 2.45) is 0 Å². The van der Waals surface area contributed by atoms with Crippen LogP contribution < -0.4 is 15.4 Å². The van der Waals surface area contributed by atoms with Gasteiger partial charge in [-0.05, 0) is 55.4 Å². The molecule has 0 radical (unpaired) electrons. The van der Waals surface area contributed by atoms with Gasteiger partial charge < -0.3 is 10.1 Å². The average molecular weight is 342 g/mol. The van der Waals surface area contributed by atoms with E-state index in [-0.39, 0.29) is 11.9 Å². The van der Waals surface area contributed by atoms with Crippen molar-refractivity contribution >= 4 is 23.2 Å². The quantitative estimate of drug-likeness (QED) is 0.783. The highest BCUT2D eigenvalue weighted by Gasteiger charge is 2.11. The molecule has 5 heteroatoms. The van der Waals surface area contributed by atoms with Gasteiger partial charge in [-0.3, -0.25) is 10.1 Å². The third-order valence-electron chi connectivity index (χ3n) is 3.46. The summed E-state index contributed by atoms with van der Waals surface area (Å²) < 4.78 is 5.50. The summed E-state index contributed by atoms with van der Waals surface area (Å²) in [6, 6.07) is 17.0. The van der Waals surface area contributed by atoms with E-state index in [9.17, 15) is 4.79 Å². The van der Waals surface area contributed by atoms with Crippen LogP contribution >= 0.6 is 12.2 Å². The maximum absolute atomic E-state index is 12.2. The maximum atomic E-state index is 12.2. The van der Waals surface area contributed by atoms with Crippen molar-refractivity contribution < 1.29 is 9.53 Å². The molecule has 2 N–H and O–H groups in total. The summed E-state index contributed by atoms with van der Waals surface area (Å²) in [6.45, 7) is 4.71. The molecule has 0 aliphatic heterocycles. The Morgan fingerprint density at radius 2 is 1.79 bits per heavy atom. The molecule has 0 aliphatic carbocycles. The summed E-state index contributed by atoms with van der Waals surface area (Å²) in [5, 5.41) is 6.12. The van der Waals surface area contributed by atoms with Gasteiger partial charge in [-0.1, -0.05) is 37.3 Å². The molecule has 126 valence electrons. The first-order chi connectivity index (χ1) is 11.6. The Bertz CT molecular complexity index is 672. The van der Waals surface area contributed by atoms with Gasteiger partial charge in [-0.15, -0.1) is 0 Å². The van der Waals surface area contributed by atoms with E-state index in [1.165, 1.54) is 0 Å². The average Bonchev–Trinajstić information content (AvgIpc) is 2.61. The van der Waals surface area contributed by atoms with Gasteiger partial charge in [0, 0.05) is 5.56 Å². The summed E-state index contributed by atoms with van der Waals surface area (Å²) in [7, 11) is 0. The smallest absolute Gasteiger partial charge is 0.257 e. The van der Waals surface area contributed by atoms with Crippen LogP contribution in [0.4, 0.5) is 0 Å². The largest absolute Gasteiger partial charge is 0.494 e. The van der Waals surface area contributed by atoms with Crippen LogP contribution in [-0.2, 0) is 0 Å². The molecular weight excluding hydrogens is 320 g/mol. The number of ether oxygens (including phenoxy) is 1. The van der Waals surface area contributed by atoms with Crippen molar-refractivity contribution in [1.29, 1.82) is 0 Å². The van der Waals surface area contributed by atoms with Crippen molar-refractivity contribution in [3.63, 3.8) is 0 Å². The van der Waals surface area contributed by atoms with Gasteiger partial charge in [0.1, 0.15) is 5.75 Å². The molecule has 2 aromatic carbocycles. The second kappa shape index (κ2) is 9.03. The molecule has 0 fully saturated rings. The normalized spacial score (nSPS) is 11.4. The fraction of sp³-hybridized carbons (Fsp3) is 0.263. The lowest BCUT2D eigenvalue weighted by atomic mass is 10.1. The van der Waals surface area contributed by atoms with Crippen molar-refractivity contribution in [2.75, 3.05) is 6.61 Å². The Hall–Kier alpha value is -2.40. The summed E-state index contributed by atoms with van der Waals surface area (Å²) in [4.78, 5) is 12.2. The molecule has 0 aliphatic rings. The van der Waals surface area contributed by atoms with Crippen LogP contribution in [0.2, 0.25) is 0 Å². The van der Waals surface area contributed by atoms with Gasteiger partial charge in [0.05, 0.1) is 12.6 Å². The topological polar surface area (TPSA) is 50.4 Å². The van der Waals surface area contributed by atoms with Crippen molar-refractivity contribution in [1.82, 2.24) is 10.6 Å². The summed E-state index contributed by atoms with van der Waals surface area (Å²) in [6.07, 6.45) is 0.946. The first-order valence-electron chi connectivity index (χ1n) is 7.99. The number of benzene rings is 2. The molecule has 0 heterocycles. The zero-order chi connectivity index (χ0) is 17.4. The third kappa shape index (κ3) is 5.35. The van der Waals surface area contributed by atoms with Gasteiger partial charge in [0.25, 0.3) is 5.91 Å². The molecule has 4 nitrogen and oxygen atoms in total. The van der Waals surface area contributed by atoms with Gasteiger partial charge in [-0.2, -0.15) is 0 Å². The van der Waals surface area contributed by atoms with Crippen molar-refractivity contribution in [3.8, 4) is 5.75 Å². The first-order valence-corrected chi connectivity index (χ1v) is 8.40. The van der Waals surface area contributed by atoms with Crippen LogP contribution in [0.5, 0.6) is 5.75 Å². The number of rotatable bonds is 6. The van der Waals surface area contributed by atoms with Crippen LogP contribution in [0, 0.1) is 0 Å². The molecule has 2 aromatic rings. The highest BCUT2D eigenvalue weighted by Crippen LogP contribution is 2.13. The lowest BCUT2D eigenvalue weighted by molar-refractivity contribution is 0.0976. The number of nitrogens with one attached hydrogen (secondary N) is 2. The van der Waals surface area contributed by atoms with E-state index in [2.05, 4.69) is 10.6 Å². The minimum atomic E-state index is -0.241. The van der Waals surface area contributed by atoms with Gasteiger partial charge in [-0.25, -0.2) is 0 Å². The number of carbonyl (C=O) groups is 1. The molecule has 2 rings (SSSR count). The van der Waals surface area contributed by atoms with Gasteiger partial charge >= 0.3 is 0 Å². The number of hydrogen-bond acceptors (Lipinski definition) is 3. The fourth-order valence-electron chi connectivity index (χ4n) is 2.16. The maximum Gasteiger partial charge on any atom is 0.257 e. The van der Waals surface area contributed by atoms with E-state index < -0.39 is 0 Å². The van der Waals surface area contributed by atoms with Crippen LogP contribution in [0.25, 0.3) is 0 Å². The minimum absolute atomic E-state index is 0.0174. The molecule has 0 bridgehead atoms. The van der Waals surface area contributed by atoms with Crippen LogP contribution in [0.15, 0.2) is 54.6 Å². The fourth-order valence-corrected chi connectivity index (χ4v) is 2.42. The lowest BCUT2D eigenvalue weighted by Crippen LogP contribution is -2.40. The third-order valence-corrected chi connectivity index (χ3v) is 3.68. The molecule has 1 amide bonds. The second-order valence-corrected chi connectivity index (χ2v) is 5.84. The number of carbonyl (C=O) groups excluding carboxylic acids is 1. The van der Waals surface area contributed by atoms with E-state index >= 15 is 0 Å². The van der Waals surface area contributed by atoms with Crippen LogP contribution in [0.3, 0.4) is 0 Å². The van der Waals surface area contributed by atoms with E-state index in [0.717, 1.165) is 17.7 Å². The highest BCUT2D eigenvalue weighted by molar-refractivity contribution is 7.80. The molecule has 0 aromatic heterocycles. The first kappa shape index (κ1) is 17.9. The lowest BCUT2D eigenvalue weighted by Gasteiger charge is -2.16. The summed E-state index contributed by atoms with van der Waals surface area (Å²) in [5.74, 6) is 0.515. The minimum Gasteiger partial charge on any atom is -0.494 e. The predicted octanol–water partition coefficient (Wildman–Crippen LogP) is 3.84. The van der Waals surface area contributed by atoms with Crippen molar-refractivity contribution in [2.45, 2.75) is 26.3 Å². The van der Waals surface area contributed by atoms with Crippen LogP contribution in [-0.4, -0.2) is 17.6 Å². The standard InChI is InChI=1S/C19H22N2O2S/c1-3-13-23-17-11-9-16(10-12-17)18(22)21-19(24)20-14(2)15-7-5-4-6-8-15/h4-12,14H,3,13H2,1-2H3,(H2,20,21,22,24)/t14-/m0/s1. The van der Waals surface area contributed by atoms with E-state index in [1.807, 2.05) is 44.2 Å². The van der Waals surface area contributed by atoms with Gasteiger partial charge in [0.2, 0.25) is 0 Å². The summed E-state index contributed by atoms with van der Waals surface area (Å²) in [5.41, 5.74) is 1.64. The monoisotopic (exact) mass is 342 g/mol. The van der Waals surface area contributed by atoms with E-state index in [4.69, 9.17) is 17.0 Å². The highest BCUT2D eigenvalue weighted by atomic mass is 32.1. The molecule has 0 saturated carbocycles. The zero-order valence-corrected chi connectivity index (χ0v) is 14.7. The number of hydrogen-bond donors (Lipinski definition) is 2. The molecule has 1 atom stereocenters. The molecular formula is C19H22N2O2S. The number of amides is 1. The molecule has 0 spiro atoms. The van der Waals surface area contributed by atoms with E-state index in [0.29, 0.717) is 17.3 Å². The zero-order valence-electron chi connectivity index (χ0n) is 13.9. The predicted molar refractivity (Wildman–Crippen MR) is 100 cm³/mol.